The number of hydrogen-bond donors (Lipinski definition) is 1. The van der Waals surface area contributed by atoms with Crippen molar-refractivity contribution in [1.29, 1.82) is 0 Å². The Labute approximate surface area is 214 Å². The van der Waals surface area contributed by atoms with Gasteiger partial charge in [0.15, 0.2) is 4.80 Å². The van der Waals surface area contributed by atoms with Crippen LogP contribution in [0.4, 0.5) is 0 Å². The van der Waals surface area contributed by atoms with Crippen molar-refractivity contribution in [2.24, 2.45) is 10.1 Å². The topological polar surface area (TPSA) is 141 Å². The predicted molar refractivity (Wildman–Crippen MR) is 137 cm³/mol. The van der Waals surface area contributed by atoms with Crippen molar-refractivity contribution < 1.29 is 26.4 Å². The van der Waals surface area contributed by atoms with Crippen LogP contribution >= 0.6 is 11.3 Å². The van der Waals surface area contributed by atoms with Crippen LogP contribution in [0.3, 0.4) is 0 Å². The van der Waals surface area contributed by atoms with E-state index in [1.165, 1.54) is 40.7 Å². The molecule has 1 fully saturated rings. The average Bonchev–Trinajstić information content (AvgIpc) is 3.00. The second kappa shape index (κ2) is 10.9. The fourth-order valence-electron chi connectivity index (χ4n) is 4.07. The van der Waals surface area contributed by atoms with E-state index in [2.05, 4.69) is 4.99 Å². The van der Waals surface area contributed by atoms with Gasteiger partial charge < -0.3 is 9.30 Å². The van der Waals surface area contributed by atoms with E-state index in [0.29, 0.717) is 41.3 Å². The van der Waals surface area contributed by atoms with E-state index in [9.17, 15) is 21.6 Å². The Bertz CT molecular complexity index is 1530. The zero-order valence-corrected chi connectivity index (χ0v) is 22.2. The summed E-state index contributed by atoms with van der Waals surface area (Å²) in [7, 11) is -5.95. The number of nitrogens with two attached hydrogens (primary N) is 1. The SMILES string of the molecule is COCCn1c(=NC(=O)c2ccc(S(=O)(=O)N3CCCCCC3)cc2)sc2cc(S(N)(=O)=O)ccc21. The Kier molecular flexibility index (Phi) is 8.07. The molecule has 0 bridgehead atoms. The fraction of sp³-hybridized carbons (Fsp3) is 0.391. The first kappa shape index (κ1) is 26.6. The highest BCUT2D eigenvalue weighted by Gasteiger charge is 2.25. The molecule has 0 unspecified atom stereocenters. The van der Waals surface area contributed by atoms with Crippen LogP contribution in [0.1, 0.15) is 36.0 Å². The highest BCUT2D eigenvalue weighted by molar-refractivity contribution is 7.89. The third kappa shape index (κ3) is 5.76. The van der Waals surface area contributed by atoms with E-state index in [-0.39, 0.29) is 15.4 Å². The van der Waals surface area contributed by atoms with Crippen LogP contribution in [0.5, 0.6) is 0 Å². The van der Waals surface area contributed by atoms with E-state index in [0.717, 1.165) is 37.0 Å². The summed E-state index contributed by atoms with van der Waals surface area (Å²) in [4.78, 5) is 17.7. The molecular formula is C23H28N4O6S3. The van der Waals surface area contributed by atoms with Gasteiger partial charge in [-0.15, -0.1) is 0 Å². The lowest BCUT2D eigenvalue weighted by atomic mass is 10.2. The lowest BCUT2D eigenvalue weighted by Gasteiger charge is -2.19. The molecule has 4 rings (SSSR count). The number of fused-ring (bicyclic) bond motifs is 1. The summed E-state index contributed by atoms with van der Waals surface area (Å²) in [5, 5.41) is 5.25. The molecule has 2 heterocycles. The monoisotopic (exact) mass is 552 g/mol. The number of aromatic nitrogens is 1. The van der Waals surface area contributed by atoms with Gasteiger partial charge in [0.25, 0.3) is 5.91 Å². The maximum Gasteiger partial charge on any atom is 0.279 e. The summed E-state index contributed by atoms with van der Waals surface area (Å²) in [6, 6.07) is 10.3. The van der Waals surface area contributed by atoms with Crippen LogP contribution < -0.4 is 9.94 Å². The Morgan fingerprint density at radius 3 is 2.25 bits per heavy atom. The molecule has 0 aliphatic carbocycles. The van der Waals surface area contributed by atoms with Gasteiger partial charge >= 0.3 is 0 Å². The second-order valence-corrected chi connectivity index (χ2v) is 13.0. The molecule has 0 saturated carbocycles. The largest absolute Gasteiger partial charge is 0.383 e. The number of nitrogens with zero attached hydrogens (tertiary/aromatic N) is 3. The van der Waals surface area contributed by atoms with Gasteiger partial charge in [-0.2, -0.15) is 9.30 Å². The van der Waals surface area contributed by atoms with E-state index < -0.39 is 26.0 Å². The van der Waals surface area contributed by atoms with Crippen molar-refractivity contribution in [2.75, 3.05) is 26.8 Å². The van der Waals surface area contributed by atoms with Crippen LogP contribution in [0.25, 0.3) is 10.2 Å². The molecule has 2 N–H and O–H groups in total. The number of ether oxygens (including phenoxy) is 1. The fourth-order valence-corrected chi connectivity index (χ4v) is 7.29. The van der Waals surface area contributed by atoms with Gasteiger partial charge in [0, 0.05) is 32.3 Å². The first-order valence-corrected chi connectivity index (χ1v) is 15.3. The van der Waals surface area contributed by atoms with Gasteiger partial charge in [0.2, 0.25) is 20.0 Å². The van der Waals surface area contributed by atoms with E-state index >= 15 is 0 Å². The quantitative estimate of drug-likeness (QED) is 0.477. The molecule has 194 valence electrons. The summed E-state index contributed by atoms with van der Waals surface area (Å²) < 4.78 is 58.6. The zero-order chi connectivity index (χ0) is 25.9. The van der Waals surface area contributed by atoms with Crippen LogP contribution in [0, 0.1) is 0 Å². The number of carbonyl (C=O) groups is 1. The van der Waals surface area contributed by atoms with Gasteiger partial charge in [-0.05, 0) is 55.3 Å². The zero-order valence-electron chi connectivity index (χ0n) is 19.8. The minimum absolute atomic E-state index is 0.0331. The van der Waals surface area contributed by atoms with Crippen molar-refractivity contribution in [2.45, 2.75) is 42.0 Å². The molecule has 1 amide bonds. The summed E-state index contributed by atoms with van der Waals surface area (Å²) in [6.07, 6.45) is 3.72. The molecule has 3 aromatic rings. The lowest BCUT2D eigenvalue weighted by molar-refractivity contribution is 0.0997. The first-order valence-electron chi connectivity index (χ1n) is 11.5. The van der Waals surface area contributed by atoms with Crippen molar-refractivity contribution in [1.82, 2.24) is 8.87 Å². The predicted octanol–water partition coefficient (Wildman–Crippen LogP) is 2.30. The van der Waals surface area contributed by atoms with Gasteiger partial charge in [-0.25, -0.2) is 22.0 Å². The number of amides is 1. The average molecular weight is 553 g/mol. The number of rotatable bonds is 7. The highest BCUT2D eigenvalue weighted by atomic mass is 32.2. The van der Waals surface area contributed by atoms with E-state index in [1.54, 1.807) is 17.7 Å². The Morgan fingerprint density at radius 1 is 1.00 bits per heavy atom. The minimum atomic E-state index is -3.88. The van der Waals surface area contributed by atoms with Crippen LogP contribution in [-0.4, -0.2) is 58.4 Å². The van der Waals surface area contributed by atoms with Gasteiger partial charge in [-0.3, -0.25) is 4.79 Å². The van der Waals surface area contributed by atoms with Crippen LogP contribution in [0.15, 0.2) is 57.2 Å². The van der Waals surface area contributed by atoms with Crippen LogP contribution in [0.2, 0.25) is 0 Å². The maximum absolute atomic E-state index is 13.0. The summed E-state index contributed by atoms with van der Waals surface area (Å²) in [5.41, 5.74) is 0.931. The number of thiazole rings is 1. The molecule has 36 heavy (non-hydrogen) atoms. The Balaban J connectivity index is 1.67. The standard InChI is InChI=1S/C23H28N4O6S3/c1-33-15-14-27-20-11-10-19(35(24,29)30)16-21(20)34-23(27)25-22(28)17-6-8-18(9-7-17)36(31,32)26-12-4-2-3-5-13-26/h6-11,16H,2-5,12-15H2,1H3,(H2,24,29,30). The maximum atomic E-state index is 13.0. The van der Waals surface area contributed by atoms with Gasteiger partial charge in [-0.1, -0.05) is 24.2 Å². The van der Waals surface area contributed by atoms with Crippen molar-refractivity contribution in [3.8, 4) is 0 Å². The number of primary sulfonamides is 1. The number of sulfonamides is 2. The first-order chi connectivity index (χ1) is 17.1. The molecule has 2 aromatic carbocycles. The number of methoxy groups -OCH3 is 1. The number of carbonyl (C=O) groups excluding carboxylic acids is 1. The second-order valence-electron chi connectivity index (χ2n) is 8.46. The molecule has 1 saturated heterocycles. The van der Waals surface area contributed by atoms with Crippen LogP contribution in [-0.2, 0) is 31.3 Å². The number of benzene rings is 2. The molecule has 1 aliphatic heterocycles. The molecular weight excluding hydrogens is 524 g/mol. The Hall–Kier alpha value is -2.42. The molecule has 0 spiro atoms. The smallest absolute Gasteiger partial charge is 0.279 e. The van der Waals surface area contributed by atoms with Gasteiger partial charge in [0.05, 0.1) is 26.6 Å². The molecule has 0 atom stereocenters. The third-order valence-corrected chi connectivity index (χ3v) is 9.87. The highest BCUT2D eigenvalue weighted by Crippen LogP contribution is 2.23. The van der Waals surface area contributed by atoms with Gasteiger partial charge in [0.1, 0.15) is 0 Å². The van der Waals surface area contributed by atoms with E-state index in [4.69, 9.17) is 9.88 Å². The summed E-state index contributed by atoms with van der Waals surface area (Å²) in [6.45, 7) is 1.75. The van der Waals surface area contributed by atoms with Crippen molar-refractivity contribution in [3.05, 3.63) is 52.8 Å². The molecule has 13 heteroatoms. The lowest BCUT2D eigenvalue weighted by Crippen LogP contribution is -2.31. The summed E-state index contributed by atoms with van der Waals surface area (Å²) >= 11 is 1.15. The van der Waals surface area contributed by atoms with Crippen molar-refractivity contribution in [3.63, 3.8) is 0 Å². The van der Waals surface area contributed by atoms with E-state index in [1.807, 2.05) is 0 Å². The minimum Gasteiger partial charge on any atom is -0.383 e. The molecule has 1 aromatic heterocycles. The molecule has 1 aliphatic rings. The number of hydrogen-bond acceptors (Lipinski definition) is 7. The normalized spacial score (nSPS) is 16.3. The molecule has 10 nitrogen and oxygen atoms in total. The third-order valence-electron chi connectivity index (χ3n) is 6.00. The summed E-state index contributed by atoms with van der Waals surface area (Å²) in [5.74, 6) is -0.543. The Morgan fingerprint density at radius 2 is 1.64 bits per heavy atom. The van der Waals surface area contributed by atoms with Crippen molar-refractivity contribution >= 4 is 47.5 Å². The molecule has 0 radical (unpaired) electrons.